The van der Waals surface area contributed by atoms with E-state index in [4.69, 9.17) is 9.15 Å². The topological polar surface area (TPSA) is 100 Å². The minimum absolute atomic E-state index is 0.0285. The summed E-state index contributed by atoms with van der Waals surface area (Å²) in [5.74, 6) is -0.869. The highest BCUT2D eigenvalue weighted by Crippen LogP contribution is 2.43. The molecule has 6 nitrogen and oxygen atoms in total. The average molecular weight is 326 g/mol. The SMILES string of the molecule is CC1(C)C=Cc2cc(O)c3c(=O)c4ccc(O)c(O)c4oc3c2O1. The molecule has 3 N–H and O–H groups in total. The first-order valence-electron chi connectivity index (χ1n) is 7.34. The van der Waals surface area contributed by atoms with Crippen molar-refractivity contribution in [2.75, 3.05) is 0 Å². The summed E-state index contributed by atoms with van der Waals surface area (Å²) in [6, 6.07) is 3.96. The monoisotopic (exact) mass is 326 g/mol. The van der Waals surface area contributed by atoms with Crippen LogP contribution in [0.1, 0.15) is 19.4 Å². The fourth-order valence-electron chi connectivity index (χ4n) is 2.86. The van der Waals surface area contributed by atoms with Gasteiger partial charge in [0.1, 0.15) is 16.7 Å². The van der Waals surface area contributed by atoms with Crippen molar-refractivity contribution in [2.45, 2.75) is 19.4 Å². The van der Waals surface area contributed by atoms with Gasteiger partial charge in [0.15, 0.2) is 22.7 Å². The average Bonchev–Trinajstić information content (AvgIpc) is 2.51. The second kappa shape index (κ2) is 4.44. The molecule has 0 bridgehead atoms. The maximum Gasteiger partial charge on any atom is 0.204 e. The number of fused-ring (bicyclic) bond motifs is 4. The highest BCUT2D eigenvalue weighted by Gasteiger charge is 2.28. The van der Waals surface area contributed by atoms with Gasteiger partial charge in [-0.25, -0.2) is 0 Å². The Balaban J connectivity index is 2.23. The van der Waals surface area contributed by atoms with Gasteiger partial charge in [-0.15, -0.1) is 0 Å². The molecule has 122 valence electrons. The van der Waals surface area contributed by atoms with Crippen LogP contribution in [-0.2, 0) is 0 Å². The van der Waals surface area contributed by atoms with Gasteiger partial charge in [0.25, 0.3) is 0 Å². The normalized spacial score (nSPS) is 15.4. The van der Waals surface area contributed by atoms with Crippen molar-refractivity contribution in [2.24, 2.45) is 0 Å². The molecule has 0 saturated heterocycles. The van der Waals surface area contributed by atoms with Gasteiger partial charge in [-0.1, -0.05) is 6.08 Å². The van der Waals surface area contributed by atoms with Gasteiger partial charge in [0.05, 0.1) is 5.39 Å². The Morgan fingerprint density at radius 3 is 2.54 bits per heavy atom. The molecule has 0 saturated carbocycles. The van der Waals surface area contributed by atoms with Crippen molar-refractivity contribution in [1.82, 2.24) is 0 Å². The van der Waals surface area contributed by atoms with E-state index in [2.05, 4.69) is 0 Å². The molecule has 2 aromatic carbocycles. The van der Waals surface area contributed by atoms with Crippen LogP contribution in [0.3, 0.4) is 0 Å². The van der Waals surface area contributed by atoms with E-state index in [0.29, 0.717) is 11.3 Å². The van der Waals surface area contributed by atoms with Crippen molar-refractivity contribution >= 4 is 28.0 Å². The molecule has 0 radical (unpaired) electrons. The number of phenols is 3. The highest BCUT2D eigenvalue weighted by atomic mass is 16.5. The predicted molar refractivity (Wildman–Crippen MR) is 88.7 cm³/mol. The fourth-order valence-corrected chi connectivity index (χ4v) is 2.86. The smallest absolute Gasteiger partial charge is 0.204 e. The molecular weight excluding hydrogens is 312 g/mol. The van der Waals surface area contributed by atoms with Crippen LogP contribution >= 0.6 is 0 Å². The van der Waals surface area contributed by atoms with E-state index in [1.54, 1.807) is 6.08 Å². The molecule has 1 aliphatic heterocycles. The Bertz CT molecular complexity index is 1100. The Hall–Kier alpha value is -3.15. The third-order valence-electron chi connectivity index (χ3n) is 4.06. The summed E-state index contributed by atoms with van der Waals surface area (Å²) in [6.07, 6.45) is 3.59. The van der Waals surface area contributed by atoms with Crippen molar-refractivity contribution < 1.29 is 24.5 Å². The number of hydrogen-bond donors (Lipinski definition) is 3. The fraction of sp³-hybridized carbons (Fsp3) is 0.167. The van der Waals surface area contributed by atoms with Crippen LogP contribution in [0.4, 0.5) is 0 Å². The third-order valence-corrected chi connectivity index (χ3v) is 4.06. The number of benzene rings is 2. The lowest BCUT2D eigenvalue weighted by Crippen LogP contribution is -2.27. The number of rotatable bonds is 0. The first-order chi connectivity index (χ1) is 11.3. The Morgan fingerprint density at radius 2 is 1.79 bits per heavy atom. The maximum atomic E-state index is 12.7. The van der Waals surface area contributed by atoms with Crippen molar-refractivity contribution in [3.05, 3.63) is 40.1 Å². The lowest BCUT2D eigenvalue weighted by molar-refractivity contribution is 0.159. The molecule has 3 aromatic rings. The minimum Gasteiger partial charge on any atom is -0.507 e. The zero-order valence-corrected chi connectivity index (χ0v) is 13.0. The van der Waals surface area contributed by atoms with E-state index in [-0.39, 0.29) is 27.7 Å². The molecule has 0 atom stereocenters. The van der Waals surface area contributed by atoms with E-state index >= 15 is 0 Å². The zero-order valence-electron chi connectivity index (χ0n) is 13.0. The summed E-state index contributed by atoms with van der Waals surface area (Å²) in [7, 11) is 0. The van der Waals surface area contributed by atoms with Crippen molar-refractivity contribution in [3.63, 3.8) is 0 Å². The Kier molecular flexibility index (Phi) is 2.67. The van der Waals surface area contributed by atoms with Crippen LogP contribution in [0.5, 0.6) is 23.0 Å². The minimum atomic E-state index is -0.620. The van der Waals surface area contributed by atoms with Gasteiger partial charge in [-0.3, -0.25) is 4.79 Å². The van der Waals surface area contributed by atoms with Gasteiger partial charge in [0, 0.05) is 5.56 Å². The largest absolute Gasteiger partial charge is 0.507 e. The van der Waals surface area contributed by atoms with E-state index in [1.807, 2.05) is 19.9 Å². The molecule has 0 unspecified atom stereocenters. The van der Waals surface area contributed by atoms with Crippen molar-refractivity contribution in [3.8, 4) is 23.0 Å². The standard InChI is InChI=1S/C18H14O6/c1-18(2)6-5-8-7-11(20)12-13(21)9-3-4-10(19)14(22)16(9)23-17(12)15(8)24-18/h3-7,19-20,22H,1-2H3. The number of hydrogen-bond acceptors (Lipinski definition) is 6. The Labute approximate surface area is 135 Å². The van der Waals surface area contributed by atoms with E-state index < -0.39 is 22.5 Å². The number of ether oxygens (including phenoxy) is 1. The van der Waals surface area contributed by atoms with Gasteiger partial charge >= 0.3 is 0 Å². The summed E-state index contributed by atoms with van der Waals surface area (Å²) in [4.78, 5) is 12.7. The molecule has 1 aliphatic rings. The van der Waals surface area contributed by atoms with Gasteiger partial charge in [0.2, 0.25) is 11.2 Å². The van der Waals surface area contributed by atoms with Crippen LogP contribution in [0, 0.1) is 0 Å². The lowest BCUT2D eigenvalue weighted by Gasteiger charge is -2.28. The molecule has 2 heterocycles. The second-order valence-corrected chi connectivity index (χ2v) is 6.30. The van der Waals surface area contributed by atoms with Crippen LogP contribution < -0.4 is 10.2 Å². The molecular formula is C18H14O6. The van der Waals surface area contributed by atoms with Gasteiger partial charge in [-0.2, -0.15) is 0 Å². The first-order valence-corrected chi connectivity index (χ1v) is 7.34. The second-order valence-electron chi connectivity index (χ2n) is 6.30. The quantitative estimate of drug-likeness (QED) is 0.433. The van der Waals surface area contributed by atoms with E-state index in [1.165, 1.54) is 18.2 Å². The van der Waals surface area contributed by atoms with Crippen molar-refractivity contribution in [1.29, 1.82) is 0 Å². The summed E-state index contributed by atoms with van der Waals surface area (Å²) in [5.41, 5.74) is -0.706. The van der Waals surface area contributed by atoms with Crippen LogP contribution in [-0.4, -0.2) is 20.9 Å². The molecule has 6 heteroatoms. The first kappa shape index (κ1) is 14.4. The summed E-state index contributed by atoms with van der Waals surface area (Å²) in [6.45, 7) is 3.68. The summed E-state index contributed by atoms with van der Waals surface area (Å²) < 4.78 is 11.6. The summed E-state index contributed by atoms with van der Waals surface area (Å²) in [5, 5.41) is 30.0. The molecule has 1 aromatic heterocycles. The van der Waals surface area contributed by atoms with E-state index in [0.717, 1.165) is 0 Å². The molecule has 0 amide bonds. The summed E-state index contributed by atoms with van der Waals surface area (Å²) >= 11 is 0. The van der Waals surface area contributed by atoms with Gasteiger partial charge < -0.3 is 24.5 Å². The Morgan fingerprint density at radius 1 is 1.04 bits per heavy atom. The van der Waals surface area contributed by atoms with E-state index in [9.17, 15) is 20.1 Å². The van der Waals surface area contributed by atoms with Crippen LogP contribution in [0.15, 0.2) is 33.5 Å². The highest BCUT2D eigenvalue weighted by molar-refractivity contribution is 6.00. The number of phenolic OH excluding ortho intramolecular Hbond substituents is 3. The molecule has 0 aliphatic carbocycles. The van der Waals surface area contributed by atoms with Crippen LogP contribution in [0.25, 0.3) is 28.0 Å². The van der Waals surface area contributed by atoms with Gasteiger partial charge in [-0.05, 0) is 38.1 Å². The molecule has 0 spiro atoms. The molecule has 0 fully saturated rings. The lowest BCUT2D eigenvalue weighted by atomic mass is 10.00. The molecule has 4 rings (SSSR count). The maximum absolute atomic E-state index is 12.7. The van der Waals surface area contributed by atoms with Crippen LogP contribution in [0.2, 0.25) is 0 Å². The zero-order chi connectivity index (χ0) is 17.2. The molecule has 24 heavy (non-hydrogen) atoms. The number of aromatic hydroxyl groups is 3. The predicted octanol–water partition coefficient (Wildman–Crippen LogP) is 3.25. The third kappa shape index (κ3) is 1.86.